The van der Waals surface area contributed by atoms with E-state index < -0.39 is 0 Å². The van der Waals surface area contributed by atoms with Gasteiger partial charge in [0, 0.05) is 16.4 Å². The molecule has 21 heavy (non-hydrogen) atoms. The summed E-state index contributed by atoms with van der Waals surface area (Å²) in [5, 5.41) is 3.71. The second kappa shape index (κ2) is 7.62. The third-order valence-electron chi connectivity index (χ3n) is 3.35. The van der Waals surface area contributed by atoms with Crippen LogP contribution in [0.5, 0.6) is 0 Å². The highest BCUT2D eigenvalue weighted by atomic mass is 35.5. The van der Waals surface area contributed by atoms with E-state index in [1.54, 1.807) is 11.3 Å². The molecule has 0 spiro atoms. The predicted molar refractivity (Wildman–Crippen MR) is 90.5 cm³/mol. The Morgan fingerprint density at radius 1 is 1.29 bits per heavy atom. The van der Waals surface area contributed by atoms with Gasteiger partial charge in [0.15, 0.2) is 0 Å². The minimum atomic E-state index is 0.0208. The van der Waals surface area contributed by atoms with Crippen LogP contribution in [0, 0.1) is 6.92 Å². The van der Waals surface area contributed by atoms with Crippen molar-refractivity contribution in [1.29, 1.82) is 0 Å². The zero-order valence-corrected chi connectivity index (χ0v) is 14.0. The Morgan fingerprint density at radius 3 is 2.81 bits per heavy atom. The van der Waals surface area contributed by atoms with Gasteiger partial charge in [0.1, 0.15) is 0 Å². The fourth-order valence-electron chi connectivity index (χ4n) is 2.25. The molecule has 112 valence electrons. The fourth-order valence-corrected chi connectivity index (χ4v) is 3.45. The molecule has 4 heteroatoms. The third-order valence-corrected chi connectivity index (χ3v) is 4.68. The topological polar surface area (TPSA) is 29.1 Å². The first-order chi connectivity index (χ1) is 10.1. The van der Waals surface area contributed by atoms with Gasteiger partial charge in [0.25, 0.3) is 5.91 Å². The van der Waals surface area contributed by atoms with Gasteiger partial charge in [-0.1, -0.05) is 37.1 Å². The number of rotatable bonds is 6. The average molecular weight is 322 g/mol. The molecule has 1 aromatic carbocycles. The van der Waals surface area contributed by atoms with Crippen molar-refractivity contribution < 1.29 is 4.79 Å². The molecule has 1 heterocycles. The van der Waals surface area contributed by atoms with Crippen LogP contribution < -0.4 is 5.32 Å². The normalized spacial score (nSPS) is 10.6. The van der Waals surface area contributed by atoms with E-state index in [2.05, 4.69) is 19.2 Å². The van der Waals surface area contributed by atoms with E-state index in [1.807, 2.05) is 30.3 Å². The van der Waals surface area contributed by atoms with Crippen LogP contribution in [0.15, 0.2) is 30.3 Å². The molecule has 2 aromatic rings. The van der Waals surface area contributed by atoms with Crippen LogP contribution in [-0.2, 0) is 12.8 Å². The van der Waals surface area contributed by atoms with Crippen molar-refractivity contribution in [3.63, 3.8) is 0 Å². The number of hydrogen-bond donors (Lipinski definition) is 1. The summed E-state index contributed by atoms with van der Waals surface area (Å²) in [5.74, 6) is 0.0208. The molecule has 1 N–H and O–H groups in total. The van der Waals surface area contributed by atoms with Gasteiger partial charge < -0.3 is 5.32 Å². The van der Waals surface area contributed by atoms with Gasteiger partial charge >= 0.3 is 0 Å². The van der Waals surface area contributed by atoms with E-state index in [-0.39, 0.29) is 5.91 Å². The maximum absolute atomic E-state index is 12.1. The quantitative estimate of drug-likeness (QED) is 0.825. The molecule has 0 aliphatic heterocycles. The minimum Gasteiger partial charge on any atom is -0.351 e. The zero-order chi connectivity index (χ0) is 15.2. The number of carbonyl (C=O) groups is 1. The Hall–Kier alpha value is -1.32. The van der Waals surface area contributed by atoms with Crippen molar-refractivity contribution in [3.8, 4) is 0 Å². The summed E-state index contributed by atoms with van der Waals surface area (Å²) in [6, 6.07) is 9.76. The number of nitrogens with one attached hydrogen (secondary N) is 1. The lowest BCUT2D eigenvalue weighted by Crippen LogP contribution is -2.24. The number of hydrogen-bond acceptors (Lipinski definition) is 2. The molecular formula is C17H20ClNOS. The monoisotopic (exact) mass is 321 g/mol. The number of aryl methyl sites for hydroxylation is 2. The van der Waals surface area contributed by atoms with Crippen LogP contribution in [0.1, 0.15) is 39.0 Å². The van der Waals surface area contributed by atoms with Crippen LogP contribution in [0.25, 0.3) is 0 Å². The molecule has 2 nitrogen and oxygen atoms in total. The summed E-state index contributed by atoms with van der Waals surface area (Å²) < 4.78 is 0. The summed E-state index contributed by atoms with van der Waals surface area (Å²) in [7, 11) is 0. The van der Waals surface area contributed by atoms with Crippen molar-refractivity contribution in [2.45, 2.75) is 33.1 Å². The molecule has 1 aromatic heterocycles. The van der Waals surface area contributed by atoms with E-state index in [4.69, 9.17) is 11.6 Å². The average Bonchev–Trinajstić information content (AvgIpc) is 2.81. The highest BCUT2D eigenvalue weighted by molar-refractivity contribution is 7.14. The minimum absolute atomic E-state index is 0.0208. The van der Waals surface area contributed by atoms with Crippen LogP contribution >= 0.6 is 22.9 Å². The first kappa shape index (κ1) is 16.1. The van der Waals surface area contributed by atoms with Gasteiger partial charge in [-0.3, -0.25) is 4.79 Å². The molecular weight excluding hydrogens is 302 g/mol. The Bertz CT molecular complexity index is 621. The second-order valence-corrected chi connectivity index (χ2v) is 6.77. The highest BCUT2D eigenvalue weighted by Gasteiger charge is 2.11. The number of carbonyl (C=O) groups excluding carboxylic acids is 1. The third kappa shape index (κ3) is 4.58. The standard InChI is InChI=1S/C17H20ClNOS/c1-3-5-14-11-16(21-12(14)2)17(20)19-9-8-13-6-4-7-15(18)10-13/h4,6-7,10-11H,3,5,8-9H2,1-2H3,(H,19,20). The van der Waals surface area contributed by atoms with Gasteiger partial charge in [-0.25, -0.2) is 0 Å². The van der Waals surface area contributed by atoms with Gasteiger partial charge in [-0.2, -0.15) is 0 Å². The lowest BCUT2D eigenvalue weighted by atomic mass is 10.1. The van der Waals surface area contributed by atoms with Crippen LogP contribution in [0.3, 0.4) is 0 Å². The number of amides is 1. The zero-order valence-electron chi connectivity index (χ0n) is 12.4. The van der Waals surface area contributed by atoms with E-state index >= 15 is 0 Å². The Balaban J connectivity index is 1.88. The molecule has 0 saturated heterocycles. The first-order valence-corrected chi connectivity index (χ1v) is 8.41. The lowest BCUT2D eigenvalue weighted by molar-refractivity contribution is 0.0958. The molecule has 0 radical (unpaired) electrons. The van der Waals surface area contributed by atoms with Crippen molar-refractivity contribution in [1.82, 2.24) is 5.32 Å². The van der Waals surface area contributed by atoms with E-state index in [1.165, 1.54) is 10.4 Å². The van der Waals surface area contributed by atoms with E-state index in [0.717, 1.165) is 34.7 Å². The Kier molecular flexibility index (Phi) is 5.83. The van der Waals surface area contributed by atoms with E-state index in [9.17, 15) is 4.79 Å². The van der Waals surface area contributed by atoms with Gasteiger partial charge in [-0.15, -0.1) is 11.3 Å². The van der Waals surface area contributed by atoms with Crippen molar-refractivity contribution >= 4 is 28.8 Å². The first-order valence-electron chi connectivity index (χ1n) is 7.22. The molecule has 1 amide bonds. The van der Waals surface area contributed by atoms with Crippen molar-refractivity contribution in [2.75, 3.05) is 6.54 Å². The molecule has 0 aliphatic rings. The lowest BCUT2D eigenvalue weighted by Gasteiger charge is -2.04. The van der Waals surface area contributed by atoms with Crippen LogP contribution in [-0.4, -0.2) is 12.5 Å². The summed E-state index contributed by atoms with van der Waals surface area (Å²) in [5.41, 5.74) is 2.43. The maximum Gasteiger partial charge on any atom is 0.261 e. The summed E-state index contributed by atoms with van der Waals surface area (Å²) >= 11 is 7.52. The number of halogens is 1. The predicted octanol–water partition coefficient (Wildman–Crippen LogP) is 4.63. The Labute approximate surface area is 135 Å². The van der Waals surface area contributed by atoms with Gasteiger partial charge in [0.05, 0.1) is 4.88 Å². The molecule has 2 rings (SSSR count). The molecule has 0 bridgehead atoms. The fraction of sp³-hybridized carbons (Fsp3) is 0.353. The second-order valence-electron chi connectivity index (χ2n) is 5.08. The SMILES string of the molecule is CCCc1cc(C(=O)NCCc2cccc(Cl)c2)sc1C. The molecule has 0 atom stereocenters. The summed E-state index contributed by atoms with van der Waals surface area (Å²) in [6.07, 6.45) is 2.93. The molecule has 0 unspecified atom stereocenters. The highest BCUT2D eigenvalue weighted by Crippen LogP contribution is 2.22. The molecule has 0 saturated carbocycles. The van der Waals surface area contributed by atoms with Gasteiger partial charge in [-0.05, 0) is 49.1 Å². The van der Waals surface area contributed by atoms with Crippen LogP contribution in [0.4, 0.5) is 0 Å². The van der Waals surface area contributed by atoms with E-state index in [0.29, 0.717) is 6.54 Å². The molecule has 0 aliphatic carbocycles. The molecule has 0 fully saturated rings. The largest absolute Gasteiger partial charge is 0.351 e. The summed E-state index contributed by atoms with van der Waals surface area (Å²) in [6.45, 7) is 4.86. The number of benzene rings is 1. The smallest absolute Gasteiger partial charge is 0.261 e. The van der Waals surface area contributed by atoms with Crippen molar-refractivity contribution in [3.05, 3.63) is 56.2 Å². The maximum atomic E-state index is 12.1. The van der Waals surface area contributed by atoms with Crippen LogP contribution in [0.2, 0.25) is 5.02 Å². The summed E-state index contributed by atoms with van der Waals surface area (Å²) in [4.78, 5) is 14.2. The van der Waals surface area contributed by atoms with Gasteiger partial charge in [0.2, 0.25) is 0 Å². The number of thiophene rings is 1. The van der Waals surface area contributed by atoms with Crippen molar-refractivity contribution in [2.24, 2.45) is 0 Å². The Morgan fingerprint density at radius 2 is 2.10 bits per heavy atom.